The molecule has 3 rings (SSSR count). The monoisotopic (exact) mass is 416 g/mol. The van der Waals surface area contributed by atoms with Crippen molar-refractivity contribution in [2.45, 2.75) is 37.2 Å². The predicted molar refractivity (Wildman–Crippen MR) is 109 cm³/mol. The van der Waals surface area contributed by atoms with Gasteiger partial charge in [-0.2, -0.15) is 4.31 Å². The third-order valence-corrected chi connectivity index (χ3v) is 6.65. The second-order valence-corrected chi connectivity index (χ2v) is 8.83. The van der Waals surface area contributed by atoms with E-state index in [1.807, 2.05) is 6.07 Å². The van der Waals surface area contributed by atoms with Crippen molar-refractivity contribution in [3.8, 4) is 0 Å². The van der Waals surface area contributed by atoms with E-state index in [1.54, 1.807) is 24.3 Å². The van der Waals surface area contributed by atoms with Crippen molar-refractivity contribution >= 4 is 27.6 Å². The number of ether oxygens (including phenoxy) is 1. The number of hydrogen-bond donors (Lipinski definition) is 1. The number of nitrogens with one attached hydrogen (secondary N) is 1. The van der Waals surface area contributed by atoms with Crippen LogP contribution in [0, 0.1) is 0 Å². The Morgan fingerprint density at radius 3 is 2.21 bits per heavy atom. The summed E-state index contributed by atoms with van der Waals surface area (Å²) in [6.07, 6.45) is 1.74. The van der Waals surface area contributed by atoms with Crippen LogP contribution in [0.15, 0.2) is 59.5 Å². The number of benzene rings is 2. The van der Waals surface area contributed by atoms with Crippen LogP contribution in [0.5, 0.6) is 0 Å². The lowest BCUT2D eigenvalue weighted by atomic mass is 10.2. The average Bonchev–Trinajstić information content (AvgIpc) is 2.75. The Morgan fingerprint density at radius 1 is 0.966 bits per heavy atom. The van der Waals surface area contributed by atoms with Gasteiger partial charge in [0.25, 0.3) is 5.91 Å². The molecule has 1 heterocycles. The van der Waals surface area contributed by atoms with Gasteiger partial charge in [-0.15, -0.1) is 0 Å². The molecule has 1 N–H and O–H groups in total. The number of anilines is 1. The van der Waals surface area contributed by atoms with Gasteiger partial charge in [-0.05, 0) is 56.2 Å². The largest absolute Gasteiger partial charge is 0.449 e. The van der Waals surface area contributed by atoms with E-state index in [9.17, 15) is 18.0 Å². The summed E-state index contributed by atoms with van der Waals surface area (Å²) in [6, 6.07) is 14.5. The van der Waals surface area contributed by atoms with Gasteiger partial charge in [0.1, 0.15) is 0 Å². The van der Waals surface area contributed by atoms with E-state index in [-0.39, 0.29) is 10.5 Å². The number of sulfonamides is 1. The molecule has 7 nitrogen and oxygen atoms in total. The molecule has 0 spiro atoms. The van der Waals surface area contributed by atoms with E-state index in [1.165, 1.54) is 35.5 Å². The number of hydrogen-bond acceptors (Lipinski definition) is 5. The van der Waals surface area contributed by atoms with Crippen molar-refractivity contribution in [3.63, 3.8) is 0 Å². The lowest BCUT2D eigenvalue weighted by Crippen LogP contribution is -2.35. The van der Waals surface area contributed by atoms with Gasteiger partial charge < -0.3 is 10.1 Å². The quantitative estimate of drug-likeness (QED) is 0.731. The maximum Gasteiger partial charge on any atom is 0.338 e. The van der Waals surface area contributed by atoms with E-state index in [2.05, 4.69) is 5.32 Å². The fourth-order valence-electron chi connectivity index (χ4n) is 3.06. The van der Waals surface area contributed by atoms with Crippen LogP contribution in [-0.4, -0.2) is 43.8 Å². The highest BCUT2D eigenvalue weighted by molar-refractivity contribution is 7.89. The first-order valence-electron chi connectivity index (χ1n) is 9.55. The minimum Gasteiger partial charge on any atom is -0.449 e. The smallest absolute Gasteiger partial charge is 0.338 e. The van der Waals surface area contributed by atoms with E-state index in [4.69, 9.17) is 4.74 Å². The molecule has 2 aromatic carbocycles. The summed E-state index contributed by atoms with van der Waals surface area (Å²) >= 11 is 0. The molecule has 1 fully saturated rings. The Kier molecular flexibility index (Phi) is 6.66. The minimum absolute atomic E-state index is 0.144. The third-order valence-electron chi connectivity index (χ3n) is 4.74. The zero-order valence-corrected chi connectivity index (χ0v) is 17.0. The van der Waals surface area contributed by atoms with Crippen molar-refractivity contribution in [2.75, 3.05) is 18.4 Å². The highest BCUT2D eigenvalue weighted by atomic mass is 32.2. The van der Waals surface area contributed by atoms with Crippen LogP contribution < -0.4 is 5.32 Å². The number of nitrogens with zero attached hydrogens (tertiary/aromatic N) is 1. The lowest BCUT2D eigenvalue weighted by Gasteiger charge is -2.25. The second-order valence-electron chi connectivity index (χ2n) is 6.89. The molecule has 154 valence electrons. The van der Waals surface area contributed by atoms with Crippen LogP contribution in [0.25, 0.3) is 0 Å². The molecule has 1 aliphatic heterocycles. The van der Waals surface area contributed by atoms with E-state index < -0.39 is 28.0 Å². The van der Waals surface area contributed by atoms with Crippen LogP contribution in [0.3, 0.4) is 0 Å². The van der Waals surface area contributed by atoms with Gasteiger partial charge >= 0.3 is 5.97 Å². The van der Waals surface area contributed by atoms with Crippen LogP contribution in [-0.2, 0) is 19.6 Å². The Morgan fingerprint density at radius 2 is 1.59 bits per heavy atom. The number of para-hydroxylation sites is 1. The summed E-state index contributed by atoms with van der Waals surface area (Å²) in [5, 5.41) is 2.66. The summed E-state index contributed by atoms with van der Waals surface area (Å²) in [5.41, 5.74) is 0.787. The summed E-state index contributed by atoms with van der Waals surface area (Å²) in [4.78, 5) is 24.6. The Balaban J connectivity index is 1.62. The average molecular weight is 416 g/mol. The predicted octanol–water partition coefficient (Wildman–Crippen LogP) is 3.05. The van der Waals surface area contributed by atoms with Crippen LogP contribution in [0.4, 0.5) is 5.69 Å². The molecular formula is C21H24N2O5S. The van der Waals surface area contributed by atoms with Crippen molar-refractivity contribution in [1.29, 1.82) is 0 Å². The van der Waals surface area contributed by atoms with Gasteiger partial charge in [-0.3, -0.25) is 4.79 Å². The summed E-state index contributed by atoms with van der Waals surface area (Å²) in [6.45, 7) is 2.51. The summed E-state index contributed by atoms with van der Waals surface area (Å²) in [7, 11) is -3.56. The third kappa shape index (κ3) is 5.21. The number of amides is 1. The zero-order chi connectivity index (χ0) is 20.9. The van der Waals surface area contributed by atoms with E-state index in [0.717, 1.165) is 19.3 Å². The SMILES string of the molecule is C[C@H](OC(=O)c1ccc(S(=O)(=O)N2CCCCC2)cc1)C(=O)Nc1ccccc1. The molecule has 0 unspecified atom stereocenters. The van der Waals surface area contributed by atoms with Crippen LogP contribution >= 0.6 is 0 Å². The molecule has 0 aliphatic carbocycles. The Hall–Kier alpha value is -2.71. The Labute approximate surface area is 170 Å². The van der Waals surface area contributed by atoms with Crippen LogP contribution in [0.1, 0.15) is 36.5 Å². The highest BCUT2D eigenvalue weighted by Crippen LogP contribution is 2.21. The minimum atomic E-state index is -3.56. The standard InChI is InChI=1S/C21H24N2O5S/c1-16(20(24)22-18-8-4-2-5-9-18)28-21(25)17-10-12-19(13-11-17)29(26,27)23-14-6-3-7-15-23/h2,4-5,8-13,16H,3,6-7,14-15H2,1H3,(H,22,24)/t16-/m0/s1. The van der Waals surface area contributed by atoms with Crippen LogP contribution in [0.2, 0.25) is 0 Å². The van der Waals surface area contributed by atoms with E-state index in [0.29, 0.717) is 18.8 Å². The zero-order valence-electron chi connectivity index (χ0n) is 16.2. The molecule has 1 atom stereocenters. The maximum atomic E-state index is 12.7. The first kappa shape index (κ1) is 21.0. The van der Waals surface area contributed by atoms with Gasteiger partial charge in [0, 0.05) is 18.8 Å². The molecule has 1 saturated heterocycles. The number of carbonyl (C=O) groups excluding carboxylic acids is 2. The summed E-state index contributed by atoms with van der Waals surface area (Å²) < 4.78 is 32.0. The molecule has 2 aromatic rings. The van der Waals surface area contributed by atoms with Gasteiger partial charge in [0.2, 0.25) is 10.0 Å². The van der Waals surface area contributed by atoms with Crippen molar-refractivity contribution in [1.82, 2.24) is 4.31 Å². The number of carbonyl (C=O) groups is 2. The molecule has 8 heteroatoms. The number of rotatable bonds is 6. The molecule has 29 heavy (non-hydrogen) atoms. The topological polar surface area (TPSA) is 92.8 Å². The highest BCUT2D eigenvalue weighted by Gasteiger charge is 2.26. The second kappa shape index (κ2) is 9.19. The molecular weight excluding hydrogens is 392 g/mol. The molecule has 1 aliphatic rings. The molecule has 0 aromatic heterocycles. The molecule has 0 radical (unpaired) electrons. The fourth-order valence-corrected chi connectivity index (χ4v) is 4.58. The van der Waals surface area contributed by atoms with Crippen molar-refractivity contribution in [3.05, 3.63) is 60.2 Å². The number of esters is 1. The molecule has 0 saturated carbocycles. The molecule has 0 bridgehead atoms. The van der Waals surface area contributed by atoms with Crippen molar-refractivity contribution < 1.29 is 22.7 Å². The summed E-state index contributed by atoms with van der Waals surface area (Å²) in [5.74, 6) is -1.14. The van der Waals surface area contributed by atoms with Gasteiger partial charge in [0.15, 0.2) is 6.10 Å². The first-order valence-corrected chi connectivity index (χ1v) is 11.0. The first-order chi connectivity index (χ1) is 13.9. The van der Waals surface area contributed by atoms with E-state index >= 15 is 0 Å². The Bertz CT molecular complexity index is 952. The van der Waals surface area contributed by atoms with Gasteiger partial charge in [-0.25, -0.2) is 13.2 Å². The fraction of sp³-hybridized carbons (Fsp3) is 0.333. The normalized spacial score (nSPS) is 16.0. The van der Waals surface area contributed by atoms with Crippen molar-refractivity contribution in [2.24, 2.45) is 0 Å². The van der Waals surface area contributed by atoms with Gasteiger partial charge in [-0.1, -0.05) is 24.6 Å². The number of piperidine rings is 1. The molecule has 1 amide bonds. The van der Waals surface area contributed by atoms with Gasteiger partial charge in [0.05, 0.1) is 10.5 Å². The maximum absolute atomic E-state index is 12.7. The lowest BCUT2D eigenvalue weighted by molar-refractivity contribution is -0.123.